The third-order valence-electron chi connectivity index (χ3n) is 3.66. The van der Waals surface area contributed by atoms with Crippen LogP contribution in [0.25, 0.3) is 0 Å². The van der Waals surface area contributed by atoms with E-state index in [1.807, 2.05) is 12.1 Å². The maximum atomic E-state index is 12.8. The van der Waals surface area contributed by atoms with Crippen molar-refractivity contribution in [2.75, 3.05) is 10.6 Å². The van der Waals surface area contributed by atoms with E-state index in [4.69, 9.17) is 0 Å². The van der Waals surface area contributed by atoms with Gasteiger partial charge in [-0.1, -0.05) is 32.0 Å². The largest absolute Gasteiger partial charge is 0.318 e. The van der Waals surface area contributed by atoms with Crippen molar-refractivity contribution in [3.05, 3.63) is 59.9 Å². The Morgan fingerprint density at radius 3 is 2.26 bits per heavy atom. The highest BCUT2D eigenvalue weighted by molar-refractivity contribution is 6.43. The van der Waals surface area contributed by atoms with E-state index >= 15 is 0 Å². The molecular weight excluding hydrogens is 295 g/mol. The van der Waals surface area contributed by atoms with E-state index in [9.17, 15) is 14.0 Å². The quantitative estimate of drug-likeness (QED) is 0.840. The van der Waals surface area contributed by atoms with Crippen LogP contribution in [0.3, 0.4) is 0 Å². The van der Waals surface area contributed by atoms with Crippen LogP contribution in [0.2, 0.25) is 0 Å². The molecule has 0 heterocycles. The Kier molecular flexibility index (Phi) is 5.46. The maximum absolute atomic E-state index is 12.8. The van der Waals surface area contributed by atoms with Gasteiger partial charge in [-0.05, 0) is 48.2 Å². The highest BCUT2D eigenvalue weighted by atomic mass is 19.1. The van der Waals surface area contributed by atoms with Crippen molar-refractivity contribution in [1.82, 2.24) is 0 Å². The number of carbonyl (C=O) groups excluding carboxylic acids is 2. The maximum Gasteiger partial charge on any atom is 0.314 e. The first kappa shape index (κ1) is 16.7. The van der Waals surface area contributed by atoms with Crippen LogP contribution in [-0.4, -0.2) is 11.8 Å². The van der Waals surface area contributed by atoms with Gasteiger partial charge in [0.1, 0.15) is 5.82 Å². The molecule has 4 nitrogen and oxygen atoms in total. The van der Waals surface area contributed by atoms with E-state index in [-0.39, 0.29) is 5.92 Å². The van der Waals surface area contributed by atoms with Gasteiger partial charge in [0, 0.05) is 11.4 Å². The van der Waals surface area contributed by atoms with Gasteiger partial charge in [-0.15, -0.1) is 0 Å². The standard InChI is InChI=1S/C18H19FN2O2/c1-3-12(2)15-6-4-5-7-16(15)21-18(23)17(22)20-14-10-8-13(19)9-11-14/h4-12H,3H2,1-2H3,(H,20,22)(H,21,23). The average molecular weight is 314 g/mol. The summed E-state index contributed by atoms with van der Waals surface area (Å²) in [6.45, 7) is 4.12. The summed E-state index contributed by atoms with van der Waals surface area (Å²) >= 11 is 0. The molecule has 1 unspecified atom stereocenters. The summed E-state index contributed by atoms with van der Waals surface area (Å²) in [6, 6.07) is 12.6. The molecule has 5 heteroatoms. The zero-order chi connectivity index (χ0) is 16.8. The van der Waals surface area contributed by atoms with E-state index < -0.39 is 17.6 Å². The van der Waals surface area contributed by atoms with E-state index in [0.29, 0.717) is 11.4 Å². The van der Waals surface area contributed by atoms with Crippen LogP contribution in [0.5, 0.6) is 0 Å². The number of para-hydroxylation sites is 1. The fourth-order valence-electron chi connectivity index (χ4n) is 2.16. The zero-order valence-corrected chi connectivity index (χ0v) is 13.1. The van der Waals surface area contributed by atoms with E-state index in [0.717, 1.165) is 12.0 Å². The van der Waals surface area contributed by atoms with Gasteiger partial charge in [-0.2, -0.15) is 0 Å². The van der Waals surface area contributed by atoms with Crippen LogP contribution < -0.4 is 10.6 Å². The molecule has 0 aliphatic rings. The van der Waals surface area contributed by atoms with Crippen LogP contribution in [0.15, 0.2) is 48.5 Å². The lowest BCUT2D eigenvalue weighted by Crippen LogP contribution is -2.29. The number of benzene rings is 2. The number of anilines is 2. The zero-order valence-electron chi connectivity index (χ0n) is 13.1. The second-order valence-corrected chi connectivity index (χ2v) is 5.31. The van der Waals surface area contributed by atoms with Crippen molar-refractivity contribution in [3.63, 3.8) is 0 Å². The number of amides is 2. The van der Waals surface area contributed by atoms with Crippen LogP contribution in [0.1, 0.15) is 31.7 Å². The highest BCUT2D eigenvalue weighted by Gasteiger charge is 2.17. The molecule has 2 amide bonds. The van der Waals surface area contributed by atoms with Gasteiger partial charge in [-0.25, -0.2) is 4.39 Å². The Bertz CT molecular complexity index is 698. The summed E-state index contributed by atoms with van der Waals surface area (Å²) < 4.78 is 12.8. The smallest absolute Gasteiger partial charge is 0.314 e. The fourth-order valence-corrected chi connectivity index (χ4v) is 2.16. The summed E-state index contributed by atoms with van der Waals surface area (Å²) in [4.78, 5) is 24.0. The lowest BCUT2D eigenvalue weighted by atomic mass is 9.97. The first-order valence-corrected chi connectivity index (χ1v) is 7.48. The Labute approximate surface area is 134 Å². The van der Waals surface area contributed by atoms with E-state index in [1.54, 1.807) is 12.1 Å². The third kappa shape index (κ3) is 4.39. The van der Waals surface area contributed by atoms with Crippen molar-refractivity contribution in [2.24, 2.45) is 0 Å². The number of hydrogen-bond donors (Lipinski definition) is 2. The number of rotatable bonds is 4. The lowest BCUT2D eigenvalue weighted by Gasteiger charge is -2.15. The molecule has 0 saturated heterocycles. The first-order valence-electron chi connectivity index (χ1n) is 7.48. The second-order valence-electron chi connectivity index (χ2n) is 5.31. The van der Waals surface area contributed by atoms with Crippen molar-refractivity contribution >= 4 is 23.2 Å². The molecule has 0 radical (unpaired) electrons. The lowest BCUT2D eigenvalue weighted by molar-refractivity contribution is -0.133. The van der Waals surface area contributed by atoms with Crippen LogP contribution in [0.4, 0.5) is 15.8 Å². The summed E-state index contributed by atoms with van der Waals surface area (Å²) in [5.41, 5.74) is 1.97. The highest BCUT2D eigenvalue weighted by Crippen LogP contribution is 2.26. The molecule has 2 aromatic carbocycles. The molecule has 0 aliphatic heterocycles. The Morgan fingerprint density at radius 1 is 1.00 bits per heavy atom. The Balaban J connectivity index is 2.07. The van der Waals surface area contributed by atoms with Gasteiger partial charge in [0.05, 0.1) is 0 Å². The third-order valence-corrected chi connectivity index (χ3v) is 3.66. The normalized spacial score (nSPS) is 11.6. The number of hydrogen-bond acceptors (Lipinski definition) is 2. The molecule has 0 aliphatic carbocycles. The second kappa shape index (κ2) is 7.54. The minimum absolute atomic E-state index is 0.270. The van der Waals surface area contributed by atoms with Crippen molar-refractivity contribution < 1.29 is 14.0 Å². The molecule has 0 bridgehead atoms. The summed E-state index contributed by atoms with van der Waals surface area (Å²) in [5, 5.41) is 5.07. The van der Waals surface area contributed by atoms with Crippen molar-refractivity contribution in [2.45, 2.75) is 26.2 Å². The first-order chi connectivity index (χ1) is 11.0. The molecule has 0 fully saturated rings. The number of carbonyl (C=O) groups is 2. The Morgan fingerprint density at radius 2 is 1.61 bits per heavy atom. The molecule has 2 rings (SSSR count). The van der Waals surface area contributed by atoms with Gasteiger partial charge in [-0.3, -0.25) is 9.59 Å². The van der Waals surface area contributed by atoms with Gasteiger partial charge in [0.15, 0.2) is 0 Å². The predicted octanol–water partition coefficient (Wildman–Crippen LogP) is 3.92. The summed E-state index contributed by atoms with van der Waals surface area (Å²) in [6.07, 6.45) is 0.925. The number of nitrogens with one attached hydrogen (secondary N) is 2. The fraction of sp³-hybridized carbons (Fsp3) is 0.222. The molecule has 23 heavy (non-hydrogen) atoms. The minimum Gasteiger partial charge on any atom is -0.318 e. The molecular formula is C18H19FN2O2. The molecule has 0 spiro atoms. The van der Waals surface area contributed by atoms with Crippen molar-refractivity contribution in [3.8, 4) is 0 Å². The number of halogens is 1. The molecule has 1 atom stereocenters. The van der Waals surface area contributed by atoms with E-state index in [1.165, 1.54) is 24.3 Å². The van der Waals surface area contributed by atoms with Gasteiger partial charge in [0.2, 0.25) is 0 Å². The molecule has 0 aromatic heterocycles. The predicted molar refractivity (Wildman–Crippen MR) is 88.8 cm³/mol. The minimum atomic E-state index is -0.796. The molecule has 120 valence electrons. The van der Waals surface area contributed by atoms with Crippen LogP contribution in [-0.2, 0) is 9.59 Å². The Hall–Kier alpha value is -2.69. The van der Waals surface area contributed by atoms with Gasteiger partial charge in [0.25, 0.3) is 0 Å². The van der Waals surface area contributed by atoms with Crippen LogP contribution >= 0.6 is 0 Å². The summed E-state index contributed by atoms with van der Waals surface area (Å²) in [5.74, 6) is -1.69. The topological polar surface area (TPSA) is 58.2 Å². The van der Waals surface area contributed by atoms with Crippen molar-refractivity contribution in [1.29, 1.82) is 0 Å². The monoisotopic (exact) mass is 314 g/mol. The molecule has 2 aromatic rings. The molecule has 0 saturated carbocycles. The van der Waals surface area contributed by atoms with Gasteiger partial charge < -0.3 is 10.6 Å². The van der Waals surface area contributed by atoms with Crippen LogP contribution in [0, 0.1) is 5.82 Å². The average Bonchev–Trinajstić information content (AvgIpc) is 2.56. The molecule has 2 N–H and O–H groups in total. The SMILES string of the molecule is CCC(C)c1ccccc1NC(=O)C(=O)Nc1ccc(F)cc1. The summed E-state index contributed by atoms with van der Waals surface area (Å²) in [7, 11) is 0. The van der Waals surface area contributed by atoms with Gasteiger partial charge >= 0.3 is 11.8 Å². The van der Waals surface area contributed by atoms with E-state index in [2.05, 4.69) is 24.5 Å².